The Bertz CT molecular complexity index is 510. The number of halogens is 3. The molecule has 6 heteroatoms. The number of amides is 1. The van der Waals surface area contributed by atoms with Gasteiger partial charge in [-0.1, -0.05) is 13.8 Å². The number of nitrogens with zero attached hydrogens (tertiary/aromatic N) is 1. The van der Waals surface area contributed by atoms with Gasteiger partial charge in [0.1, 0.15) is 5.41 Å². The lowest BCUT2D eigenvalue weighted by atomic mass is 9.83. The van der Waals surface area contributed by atoms with E-state index in [1.165, 1.54) is 0 Å². The van der Waals surface area contributed by atoms with Crippen molar-refractivity contribution in [3.05, 3.63) is 29.6 Å². The maximum absolute atomic E-state index is 13.0. The number of carbonyl (C=O) groups excluding carboxylic acids is 1. The van der Waals surface area contributed by atoms with Gasteiger partial charge in [-0.2, -0.15) is 5.26 Å². The minimum atomic E-state index is -1.60. The maximum atomic E-state index is 13.0. The Labute approximate surface area is 109 Å². The zero-order valence-electron chi connectivity index (χ0n) is 10.6. The van der Waals surface area contributed by atoms with Crippen LogP contribution in [0.15, 0.2) is 12.1 Å². The van der Waals surface area contributed by atoms with E-state index >= 15 is 0 Å². The van der Waals surface area contributed by atoms with E-state index in [0.717, 1.165) is 0 Å². The van der Waals surface area contributed by atoms with E-state index in [4.69, 9.17) is 5.26 Å². The third-order valence-corrected chi connectivity index (χ3v) is 3.10. The first-order valence-corrected chi connectivity index (χ1v) is 5.77. The molecule has 1 aromatic carbocycles. The van der Waals surface area contributed by atoms with Crippen LogP contribution in [0.2, 0.25) is 0 Å². The van der Waals surface area contributed by atoms with Crippen LogP contribution in [0.4, 0.5) is 18.9 Å². The third-order valence-electron chi connectivity index (χ3n) is 3.10. The SMILES string of the molecule is CCC(C#N)(CC)C(=O)Nc1cc(F)c(F)c(F)c1. The molecule has 0 unspecified atom stereocenters. The fourth-order valence-electron chi connectivity index (χ4n) is 1.66. The average Bonchev–Trinajstić information content (AvgIpc) is 2.38. The van der Waals surface area contributed by atoms with Crippen LogP contribution in [-0.2, 0) is 4.79 Å². The monoisotopic (exact) mass is 270 g/mol. The molecule has 102 valence electrons. The molecule has 19 heavy (non-hydrogen) atoms. The quantitative estimate of drug-likeness (QED) is 0.853. The van der Waals surface area contributed by atoms with Crippen LogP contribution >= 0.6 is 0 Å². The van der Waals surface area contributed by atoms with E-state index in [0.29, 0.717) is 12.1 Å². The van der Waals surface area contributed by atoms with Gasteiger partial charge in [-0.05, 0) is 12.8 Å². The molecule has 1 rings (SSSR count). The van der Waals surface area contributed by atoms with Crippen LogP contribution < -0.4 is 5.32 Å². The maximum Gasteiger partial charge on any atom is 0.244 e. The molecular weight excluding hydrogens is 257 g/mol. The lowest BCUT2D eigenvalue weighted by Crippen LogP contribution is -2.34. The van der Waals surface area contributed by atoms with Gasteiger partial charge in [0.25, 0.3) is 0 Å². The number of anilines is 1. The first kappa shape index (κ1) is 15.0. The molecule has 0 radical (unpaired) electrons. The smallest absolute Gasteiger partial charge is 0.244 e. The molecular formula is C13H13F3N2O. The summed E-state index contributed by atoms with van der Waals surface area (Å²) in [4.78, 5) is 12.0. The van der Waals surface area contributed by atoms with E-state index in [9.17, 15) is 18.0 Å². The Kier molecular flexibility index (Phi) is 4.54. The van der Waals surface area contributed by atoms with Gasteiger partial charge in [0.15, 0.2) is 17.5 Å². The Balaban J connectivity index is 3.04. The van der Waals surface area contributed by atoms with Crippen LogP contribution in [-0.4, -0.2) is 5.91 Å². The van der Waals surface area contributed by atoms with E-state index < -0.39 is 28.8 Å². The fourth-order valence-corrected chi connectivity index (χ4v) is 1.66. The number of nitrogens with one attached hydrogen (secondary N) is 1. The van der Waals surface area contributed by atoms with Gasteiger partial charge < -0.3 is 5.32 Å². The summed E-state index contributed by atoms with van der Waals surface area (Å²) in [6.45, 7) is 3.33. The lowest BCUT2D eigenvalue weighted by Gasteiger charge is -2.22. The molecule has 0 aliphatic rings. The van der Waals surface area contributed by atoms with Gasteiger partial charge >= 0.3 is 0 Å². The summed E-state index contributed by atoms with van der Waals surface area (Å²) in [6.07, 6.45) is 0.524. The molecule has 0 fully saturated rings. The summed E-state index contributed by atoms with van der Waals surface area (Å²) in [7, 11) is 0. The molecule has 0 aromatic heterocycles. The number of benzene rings is 1. The van der Waals surface area contributed by atoms with Crippen LogP contribution in [0.1, 0.15) is 26.7 Å². The highest BCUT2D eigenvalue weighted by Crippen LogP contribution is 2.28. The summed E-state index contributed by atoms with van der Waals surface area (Å²) in [6, 6.07) is 3.24. The second kappa shape index (κ2) is 5.74. The molecule has 0 atom stereocenters. The zero-order chi connectivity index (χ0) is 14.6. The number of carbonyl (C=O) groups is 1. The van der Waals surface area contributed by atoms with E-state index in [-0.39, 0.29) is 18.5 Å². The number of nitriles is 1. The molecule has 0 heterocycles. The highest BCUT2D eigenvalue weighted by Gasteiger charge is 2.35. The fraction of sp³-hybridized carbons (Fsp3) is 0.385. The summed E-state index contributed by atoms with van der Waals surface area (Å²) in [5, 5.41) is 11.3. The van der Waals surface area contributed by atoms with Gasteiger partial charge in [-0.15, -0.1) is 0 Å². The highest BCUT2D eigenvalue weighted by molar-refractivity contribution is 5.97. The molecule has 3 nitrogen and oxygen atoms in total. The van der Waals surface area contributed by atoms with Gasteiger partial charge in [-0.25, -0.2) is 13.2 Å². The van der Waals surface area contributed by atoms with Gasteiger partial charge in [0.2, 0.25) is 5.91 Å². The van der Waals surface area contributed by atoms with Crippen molar-refractivity contribution >= 4 is 11.6 Å². The summed E-state index contributed by atoms with van der Waals surface area (Å²) >= 11 is 0. The zero-order valence-corrected chi connectivity index (χ0v) is 10.6. The molecule has 0 aliphatic heterocycles. The normalized spacial score (nSPS) is 10.9. The molecule has 1 N–H and O–H groups in total. The molecule has 0 aliphatic carbocycles. The van der Waals surface area contributed by atoms with Crippen molar-refractivity contribution in [3.8, 4) is 6.07 Å². The van der Waals surface area contributed by atoms with Crippen molar-refractivity contribution in [2.24, 2.45) is 5.41 Å². The number of hydrogen-bond acceptors (Lipinski definition) is 2. The second-order valence-corrected chi connectivity index (χ2v) is 4.11. The largest absolute Gasteiger partial charge is 0.324 e. The Hall–Kier alpha value is -2.03. The van der Waals surface area contributed by atoms with E-state index in [1.54, 1.807) is 13.8 Å². The molecule has 1 aromatic rings. The predicted octanol–water partition coefficient (Wildman–Crippen LogP) is 3.37. The van der Waals surface area contributed by atoms with E-state index in [1.807, 2.05) is 6.07 Å². The van der Waals surface area contributed by atoms with Crippen molar-refractivity contribution in [1.82, 2.24) is 0 Å². The van der Waals surface area contributed by atoms with Gasteiger partial charge in [-0.3, -0.25) is 4.79 Å². The highest BCUT2D eigenvalue weighted by atomic mass is 19.2. The van der Waals surface area contributed by atoms with Crippen molar-refractivity contribution in [2.75, 3.05) is 5.32 Å². The van der Waals surface area contributed by atoms with Gasteiger partial charge in [0.05, 0.1) is 6.07 Å². The van der Waals surface area contributed by atoms with Crippen LogP contribution in [0.5, 0.6) is 0 Å². The van der Waals surface area contributed by atoms with Crippen molar-refractivity contribution in [3.63, 3.8) is 0 Å². The minimum Gasteiger partial charge on any atom is -0.324 e. The molecule has 0 saturated heterocycles. The number of hydrogen-bond donors (Lipinski definition) is 1. The summed E-state index contributed by atoms with van der Waals surface area (Å²) in [5.74, 6) is -5.06. The first-order valence-electron chi connectivity index (χ1n) is 5.77. The van der Waals surface area contributed by atoms with Gasteiger partial charge in [0, 0.05) is 17.8 Å². The molecule has 1 amide bonds. The Morgan fingerprint density at radius 1 is 1.26 bits per heavy atom. The molecule has 0 spiro atoms. The van der Waals surface area contributed by atoms with Crippen LogP contribution in [0.3, 0.4) is 0 Å². The van der Waals surface area contributed by atoms with Crippen molar-refractivity contribution in [1.29, 1.82) is 5.26 Å². The molecule has 0 bridgehead atoms. The lowest BCUT2D eigenvalue weighted by molar-refractivity contribution is -0.123. The minimum absolute atomic E-state index is 0.220. The first-order chi connectivity index (χ1) is 8.90. The van der Waals surface area contributed by atoms with Crippen molar-refractivity contribution < 1.29 is 18.0 Å². The topological polar surface area (TPSA) is 52.9 Å². The second-order valence-electron chi connectivity index (χ2n) is 4.11. The third kappa shape index (κ3) is 2.87. The van der Waals surface area contributed by atoms with Crippen LogP contribution in [0.25, 0.3) is 0 Å². The van der Waals surface area contributed by atoms with E-state index in [2.05, 4.69) is 5.32 Å². The standard InChI is InChI=1S/C13H13F3N2O/c1-3-13(4-2,7-17)12(19)18-8-5-9(14)11(16)10(15)6-8/h5-6H,3-4H2,1-2H3,(H,18,19). The number of rotatable bonds is 4. The predicted molar refractivity (Wildman–Crippen MR) is 63.6 cm³/mol. The summed E-state index contributed by atoms with van der Waals surface area (Å²) < 4.78 is 38.8. The molecule has 0 saturated carbocycles. The Morgan fingerprint density at radius 2 is 1.74 bits per heavy atom. The Morgan fingerprint density at radius 3 is 2.11 bits per heavy atom. The average molecular weight is 270 g/mol. The summed E-state index contributed by atoms with van der Waals surface area (Å²) in [5.41, 5.74) is -1.48. The van der Waals surface area contributed by atoms with Crippen molar-refractivity contribution in [2.45, 2.75) is 26.7 Å². The van der Waals surface area contributed by atoms with Crippen LogP contribution in [0, 0.1) is 34.2 Å².